The molecular weight excluding hydrogens is 368 g/mol. The molecule has 0 radical (unpaired) electrons. The zero-order valence-corrected chi connectivity index (χ0v) is 16.7. The zero-order valence-electron chi connectivity index (χ0n) is 15.9. The van der Waals surface area contributed by atoms with Gasteiger partial charge in [-0.05, 0) is 37.1 Å². The fourth-order valence-electron chi connectivity index (χ4n) is 2.65. The van der Waals surface area contributed by atoms with Gasteiger partial charge in [0.2, 0.25) is 15.9 Å². The molecule has 1 N–H and O–H groups in total. The maximum Gasteiger partial charge on any atom is 0.243 e. The monoisotopic (exact) mass is 394 g/mol. The van der Waals surface area contributed by atoms with Crippen LogP contribution in [-0.4, -0.2) is 54.9 Å². The highest BCUT2D eigenvalue weighted by atomic mass is 32.2. The molecule has 0 saturated heterocycles. The van der Waals surface area contributed by atoms with E-state index >= 15 is 0 Å². The Labute approximate surface area is 160 Å². The first-order valence-corrected chi connectivity index (χ1v) is 10.2. The Kier molecular flexibility index (Phi) is 7.37. The lowest BCUT2D eigenvalue weighted by Gasteiger charge is -2.20. The molecule has 1 aromatic carbocycles. The number of hydrogen-bond acceptors (Lipinski definition) is 5. The predicted molar refractivity (Wildman–Crippen MR) is 102 cm³/mol. The van der Waals surface area contributed by atoms with Crippen LogP contribution in [-0.2, 0) is 21.4 Å². The minimum atomic E-state index is -3.76. The molecule has 2 rings (SSSR count). The number of rotatable bonds is 10. The van der Waals surface area contributed by atoms with Crippen molar-refractivity contribution in [1.82, 2.24) is 19.2 Å². The summed E-state index contributed by atoms with van der Waals surface area (Å²) in [6.07, 6.45) is 6.00. The molecular formula is C18H26N4O4S. The zero-order chi connectivity index (χ0) is 19.9. The van der Waals surface area contributed by atoms with Gasteiger partial charge in [-0.15, -0.1) is 0 Å². The van der Waals surface area contributed by atoms with Crippen molar-refractivity contribution in [3.05, 3.63) is 42.5 Å². The van der Waals surface area contributed by atoms with E-state index in [1.165, 1.54) is 17.5 Å². The summed E-state index contributed by atoms with van der Waals surface area (Å²) >= 11 is 0. The summed E-state index contributed by atoms with van der Waals surface area (Å²) in [5.41, 5.74) is 0.721. The summed E-state index contributed by atoms with van der Waals surface area (Å²) < 4.78 is 33.9. The molecule has 2 aromatic rings. The maximum atomic E-state index is 12.8. The average Bonchev–Trinajstić information content (AvgIpc) is 3.16. The van der Waals surface area contributed by atoms with Crippen molar-refractivity contribution in [1.29, 1.82) is 0 Å². The largest absolute Gasteiger partial charge is 0.496 e. The van der Waals surface area contributed by atoms with E-state index in [1.807, 2.05) is 10.8 Å². The van der Waals surface area contributed by atoms with E-state index in [0.29, 0.717) is 12.3 Å². The molecule has 1 amide bonds. The lowest BCUT2D eigenvalue weighted by Crippen LogP contribution is -2.41. The molecule has 9 heteroatoms. The van der Waals surface area contributed by atoms with Crippen molar-refractivity contribution in [2.75, 3.05) is 26.7 Å². The smallest absolute Gasteiger partial charge is 0.243 e. The molecule has 0 fully saturated rings. The number of hydrogen-bond donors (Lipinski definition) is 1. The van der Waals surface area contributed by atoms with Gasteiger partial charge in [-0.2, -0.15) is 4.31 Å². The van der Waals surface area contributed by atoms with Crippen LogP contribution in [0.2, 0.25) is 0 Å². The number of carbonyl (C=O) groups excluding carboxylic acids is 1. The third kappa shape index (κ3) is 5.54. The van der Waals surface area contributed by atoms with E-state index in [1.54, 1.807) is 38.5 Å². The number of nitrogens with one attached hydrogen (secondary N) is 1. The number of amides is 1. The quantitative estimate of drug-likeness (QED) is 0.615. The molecule has 0 spiro atoms. The number of likely N-dealkylation sites (N-methyl/N-ethyl adjacent to an activating group) is 1. The number of imidazole rings is 1. The maximum absolute atomic E-state index is 12.8. The van der Waals surface area contributed by atoms with Crippen molar-refractivity contribution in [3.63, 3.8) is 0 Å². The van der Waals surface area contributed by atoms with Crippen molar-refractivity contribution in [2.24, 2.45) is 0 Å². The van der Waals surface area contributed by atoms with Crippen molar-refractivity contribution >= 4 is 15.9 Å². The molecule has 8 nitrogen and oxygen atoms in total. The van der Waals surface area contributed by atoms with Crippen molar-refractivity contribution < 1.29 is 17.9 Å². The Morgan fingerprint density at radius 3 is 2.74 bits per heavy atom. The van der Waals surface area contributed by atoms with Crippen molar-refractivity contribution in [3.8, 4) is 5.75 Å². The van der Waals surface area contributed by atoms with E-state index < -0.39 is 10.0 Å². The van der Waals surface area contributed by atoms with Crippen LogP contribution >= 0.6 is 0 Å². The van der Waals surface area contributed by atoms with Crippen molar-refractivity contribution in [2.45, 2.75) is 31.7 Å². The van der Waals surface area contributed by atoms with Gasteiger partial charge in [-0.25, -0.2) is 13.4 Å². The number of aryl methyl sites for hydroxylation is 2. The summed E-state index contributed by atoms with van der Waals surface area (Å²) in [6, 6.07) is 4.67. The molecule has 27 heavy (non-hydrogen) atoms. The van der Waals surface area contributed by atoms with Gasteiger partial charge in [0.25, 0.3) is 0 Å². The van der Waals surface area contributed by atoms with Gasteiger partial charge in [0.05, 0.1) is 24.9 Å². The summed E-state index contributed by atoms with van der Waals surface area (Å²) in [7, 11) is -2.22. The summed E-state index contributed by atoms with van der Waals surface area (Å²) in [4.78, 5) is 16.3. The fraction of sp³-hybridized carbons (Fsp3) is 0.444. The molecule has 0 saturated carbocycles. The second-order valence-corrected chi connectivity index (χ2v) is 8.00. The SMILES string of the molecule is CCN(CC(=O)NCCCn1ccnc1)S(=O)(=O)c1ccc(OC)c(C)c1. The highest BCUT2D eigenvalue weighted by molar-refractivity contribution is 7.89. The summed E-state index contributed by atoms with van der Waals surface area (Å²) in [5, 5.41) is 2.76. The van der Waals surface area contributed by atoms with Gasteiger partial charge >= 0.3 is 0 Å². The van der Waals surface area contributed by atoms with Crippen LogP contribution in [0.25, 0.3) is 0 Å². The first kappa shape index (κ1) is 20.9. The van der Waals surface area contributed by atoms with Crippen LogP contribution < -0.4 is 10.1 Å². The predicted octanol–water partition coefficient (Wildman–Crippen LogP) is 1.42. The van der Waals surface area contributed by atoms with Gasteiger partial charge in [-0.1, -0.05) is 6.92 Å². The second kappa shape index (κ2) is 9.52. The van der Waals surface area contributed by atoms with Gasteiger partial charge in [0, 0.05) is 32.0 Å². The Bertz CT molecular complexity index is 850. The number of aromatic nitrogens is 2. The number of benzene rings is 1. The molecule has 1 aromatic heterocycles. The van der Waals surface area contributed by atoms with E-state index in [4.69, 9.17) is 4.74 Å². The highest BCUT2D eigenvalue weighted by Gasteiger charge is 2.25. The second-order valence-electron chi connectivity index (χ2n) is 6.07. The van der Waals surface area contributed by atoms with Crippen LogP contribution in [0, 0.1) is 6.92 Å². The molecule has 0 aliphatic carbocycles. The lowest BCUT2D eigenvalue weighted by molar-refractivity contribution is -0.121. The number of nitrogens with zero attached hydrogens (tertiary/aromatic N) is 3. The molecule has 0 bridgehead atoms. The molecule has 148 valence electrons. The lowest BCUT2D eigenvalue weighted by atomic mass is 10.2. The first-order chi connectivity index (χ1) is 12.9. The van der Waals surface area contributed by atoms with E-state index in [9.17, 15) is 13.2 Å². The number of carbonyl (C=O) groups is 1. The molecule has 1 heterocycles. The minimum absolute atomic E-state index is 0.149. The Morgan fingerprint density at radius 2 is 2.15 bits per heavy atom. The number of sulfonamides is 1. The fourth-order valence-corrected chi connectivity index (χ4v) is 4.14. The van der Waals surface area contributed by atoms with E-state index in [-0.39, 0.29) is 23.9 Å². The third-order valence-electron chi connectivity index (χ3n) is 4.15. The Balaban J connectivity index is 1.93. The molecule has 0 atom stereocenters. The standard InChI is InChI=1S/C18H26N4O4S/c1-4-22(13-18(23)20-8-5-10-21-11-9-19-14-21)27(24,25)16-6-7-17(26-3)15(2)12-16/h6-7,9,11-12,14H,4-5,8,10,13H2,1-3H3,(H,20,23). The van der Waals surface area contributed by atoms with Crippen LogP contribution in [0.5, 0.6) is 5.75 Å². The number of methoxy groups -OCH3 is 1. The Hall–Kier alpha value is -2.39. The van der Waals surface area contributed by atoms with Gasteiger partial charge in [-0.3, -0.25) is 4.79 Å². The topological polar surface area (TPSA) is 93.5 Å². The molecule has 0 aliphatic rings. The van der Waals surface area contributed by atoms with Gasteiger partial charge in [0.1, 0.15) is 5.75 Å². The Morgan fingerprint density at radius 1 is 1.37 bits per heavy atom. The normalized spacial score (nSPS) is 11.6. The van der Waals surface area contributed by atoms with Crippen LogP contribution in [0.1, 0.15) is 18.9 Å². The van der Waals surface area contributed by atoms with Crippen LogP contribution in [0.3, 0.4) is 0 Å². The minimum Gasteiger partial charge on any atom is -0.496 e. The summed E-state index contributed by atoms with van der Waals surface area (Å²) in [6.45, 7) is 4.68. The van der Waals surface area contributed by atoms with Gasteiger partial charge in [0.15, 0.2) is 0 Å². The van der Waals surface area contributed by atoms with Crippen LogP contribution in [0.15, 0.2) is 41.8 Å². The van der Waals surface area contributed by atoms with E-state index in [0.717, 1.165) is 18.5 Å². The summed E-state index contributed by atoms with van der Waals surface area (Å²) in [5.74, 6) is 0.295. The number of ether oxygens (including phenoxy) is 1. The van der Waals surface area contributed by atoms with Crippen LogP contribution in [0.4, 0.5) is 0 Å². The average molecular weight is 394 g/mol. The first-order valence-electron chi connectivity index (χ1n) is 8.75. The molecule has 0 aliphatic heterocycles. The van der Waals surface area contributed by atoms with E-state index in [2.05, 4.69) is 10.3 Å². The third-order valence-corrected chi connectivity index (χ3v) is 6.07. The van der Waals surface area contributed by atoms with Gasteiger partial charge < -0.3 is 14.6 Å². The highest BCUT2D eigenvalue weighted by Crippen LogP contribution is 2.23. The molecule has 0 unspecified atom stereocenters.